The monoisotopic (exact) mass is 379 g/mol. The zero-order valence-electron chi connectivity index (χ0n) is 12.8. The Kier molecular flexibility index (Phi) is 4.47. The molecule has 0 saturated heterocycles. The molecule has 0 radical (unpaired) electrons. The van der Waals surface area contributed by atoms with Gasteiger partial charge in [-0.2, -0.15) is 18.3 Å². The van der Waals surface area contributed by atoms with Crippen LogP contribution >= 0.6 is 11.3 Å². The molecule has 2 N–H and O–H groups in total. The van der Waals surface area contributed by atoms with E-state index in [1.54, 1.807) is 6.92 Å². The second kappa shape index (κ2) is 6.16. The molecule has 0 spiro atoms. The summed E-state index contributed by atoms with van der Waals surface area (Å²) in [7, 11) is -3.68. The van der Waals surface area contributed by atoms with Gasteiger partial charge in [-0.3, -0.25) is 5.10 Å². The topological polar surface area (TPSA) is 74.8 Å². The summed E-state index contributed by atoms with van der Waals surface area (Å²) in [5.41, 5.74) is -0.880. The van der Waals surface area contributed by atoms with E-state index in [0.29, 0.717) is 9.75 Å². The maximum Gasteiger partial charge on any atom is 0.432 e. The number of H-pyrrole nitrogens is 1. The molecule has 1 saturated carbocycles. The number of nitrogens with one attached hydrogen (secondary N) is 2. The van der Waals surface area contributed by atoms with E-state index in [2.05, 4.69) is 9.82 Å². The molecule has 2 heterocycles. The average molecular weight is 379 g/mol. The Morgan fingerprint density at radius 3 is 2.54 bits per heavy atom. The summed E-state index contributed by atoms with van der Waals surface area (Å²) in [4.78, 5) is 1.00. The molecule has 0 unspecified atom stereocenters. The Hall–Kier alpha value is -1.39. The van der Waals surface area contributed by atoms with E-state index in [-0.39, 0.29) is 16.6 Å². The molecular weight excluding hydrogens is 363 g/mol. The molecule has 24 heavy (non-hydrogen) atoms. The van der Waals surface area contributed by atoms with Crippen LogP contribution in [0.25, 0.3) is 10.6 Å². The minimum Gasteiger partial charge on any atom is -0.273 e. The summed E-state index contributed by atoms with van der Waals surface area (Å²) in [6.07, 6.45) is -0.910. The number of aryl methyl sites for hydroxylation is 1. The molecule has 1 fully saturated rings. The molecule has 1 aliphatic rings. The first-order valence-electron chi connectivity index (χ1n) is 7.42. The number of hydrogen-bond acceptors (Lipinski definition) is 4. The van der Waals surface area contributed by atoms with Crippen LogP contribution in [0.3, 0.4) is 0 Å². The van der Waals surface area contributed by atoms with Crippen LogP contribution < -0.4 is 4.72 Å². The maximum absolute atomic E-state index is 12.6. The Morgan fingerprint density at radius 2 is 1.96 bits per heavy atom. The van der Waals surface area contributed by atoms with Crippen LogP contribution in [0, 0.1) is 6.92 Å². The first-order chi connectivity index (χ1) is 11.2. The van der Waals surface area contributed by atoms with Crippen LogP contribution in [0.4, 0.5) is 13.2 Å². The van der Waals surface area contributed by atoms with Crippen molar-refractivity contribution in [2.24, 2.45) is 0 Å². The summed E-state index contributed by atoms with van der Waals surface area (Å²) < 4.78 is 65.6. The van der Waals surface area contributed by atoms with Crippen molar-refractivity contribution in [2.75, 3.05) is 0 Å². The molecule has 0 amide bonds. The number of sulfonamides is 1. The molecular formula is C14H16F3N3O2S2. The van der Waals surface area contributed by atoms with Crippen LogP contribution in [-0.4, -0.2) is 24.7 Å². The van der Waals surface area contributed by atoms with Crippen LogP contribution in [0.15, 0.2) is 17.0 Å². The molecule has 0 atom stereocenters. The van der Waals surface area contributed by atoms with Gasteiger partial charge in [0.2, 0.25) is 10.0 Å². The smallest absolute Gasteiger partial charge is 0.273 e. The molecule has 5 nitrogen and oxygen atoms in total. The summed E-state index contributed by atoms with van der Waals surface area (Å²) >= 11 is 1.11. The maximum atomic E-state index is 12.6. The van der Waals surface area contributed by atoms with E-state index in [4.69, 9.17) is 0 Å². The number of aromatic amines is 1. The quantitative estimate of drug-likeness (QED) is 0.851. The summed E-state index contributed by atoms with van der Waals surface area (Å²) in [5, 5.41) is 5.58. The molecule has 132 valence electrons. The number of thiophene rings is 1. The summed E-state index contributed by atoms with van der Waals surface area (Å²) in [6, 6.07) is 2.19. The average Bonchev–Trinajstić information content (AvgIpc) is 3.15. The van der Waals surface area contributed by atoms with Crippen molar-refractivity contribution in [3.05, 3.63) is 22.7 Å². The fraction of sp³-hybridized carbons (Fsp3) is 0.500. The highest BCUT2D eigenvalue weighted by atomic mass is 32.2. The van der Waals surface area contributed by atoms with Gasteiger partial charge in [0.25, 0.3) is 0 Å². The van der Waals surface area contributed by atoms with E-state index in [9.17, 15) is 21.6 Å². The number of nitrogens with zero attached hydrogens (tertiary/aromatic N) is 1. The van der Waals surface area contributed by atoms with Gasteiger partial charge in [-0.15, -0.1) is 11.3 Å². The lowest BCUT2D eigenvalue weighted by Crippen LogP contribution is -2.32. The van der Waals surface area contributed by atoms with Gasteiger partial charge >= 0.3 is 6.18 Å². The molecule has 2 aromatic heterocycles. The van der Waals surface area contributed by atoms with Gasteiger partial charge in [0.1, 0.15) is 11.4 Å². The lowest BCUT2D eigenvalue weighted by Gasteiger charge is -2.11. The van der Waals surface area contributed by atoms with Gasteiger partial charge in [0.15, 0.2) is 0 Å². The van der Waals surface area contributed by atoms with Gasteiger partial charge in [-0.1, -0.05) is 12.8 Å². The van der Waals surface area contributed by atoms with E-state index in [0.717, 1.165) is 43.1 Å². The highest BCUT2D eigenvalue weighted by molar-refractivity contribution is 7.89. The zero-order valence-corrected chi connectivity index (χ0v) is 14.4. The van der Waals surface area contributed by atoms with E-state index < -0.39 is 21.9 Å². The molecule has 0 aliphatic heterocycles. The second-order valence-electron chi connectivity index (χ2n) is 5.80. The van der Waals surface area contributed by atoms with Crippen molar-refractivity contribution < 1.29 is 21.6 Å². The fourth-order valence-electron chi connectivity index (χ4n) is 2.78. The van der Waals surface area contributed by atoms with E-state index in [1.807, 2.05) is 5.10 Å². The van der Waals surface area contributed by atoms with Crippen molar-refractivity contribution in [3.63, 3.8) is 0 Å². The molecule has 10 heteroatoms. The van der Waals surface area contributed by atoms with E-state index >= 15 is 0 Å². The fourth-order valence-corrected chi connectivity index (χ4v) is 5.64. The number of aromatic nitrogens is 2. The van der Waals surface area contributed by atoms with Crippen LogP contribution in [0.2, 0.25) is 0 Å². The third-order valence-electron chi connectivity index (χ3n) is 3.97. The molecule has 0 bridgehead atoms. The molecule has 0 aromatic carbocycles. The van der Waals surface area contributed by atoms with E-state index in [1.165, 1.54) is 6.07 Å². The molecule has 1 aliphatic carbocycles. The normalized spacial score (nSPS) is 16.8. The van der Waals surface area contributed by atoms with Crippen molar-refractivity contribution >= 4 is 21.4 Å². The van der Waals surface area contributed by atoms with Gasteiger partial charge in [0, 0.05) is 10.9 Å². The Morgan fingerprint density at radius 1 is 1.29 bits per heavy atom. The predicted molar refractivity (Wildman–Crippen MR) is 84.2 cm³/mol. The standard InChI is InChI=1S/C14H16F3N3O2S2/c1-8-12(24(21,22)20-9-4-2-3-5-9)7-11(23-8)10-6-13(19-18-10)14(15,16)17/h6-7,9,20H,2-5H2,1H3,(H,18,19). The van der Waals surface area contributed by atoms with Crippen LogP contribution in [0.5, 0.6) is 0 Å². The van der Waals surface area contributed by atoms with Crippen molar-refractivity contribution in [3.8, 4) is 10.6 Å². The number of hydrogen-bond donors (Lipinski definition) is 2. The minimum atomic E-state index is -4.52. The first kappa shape index (κ1) is 17.4. The van der Waals surface area contributed by atoms with Gasteiger partial charge in [0.05, 0.1) is 9.77 Å². The molecule has 3 rings (SSSR count). The third kappa shape index (κ3) is 3.50. The largest absolute Gasteiger partial charge is 0.432 e. The van der Waals surface area contributed by atoms with Crippen molar-refractivity contribution in [1.82, 2.24) is 14.9 Å². The minimum absolute atomic E-state index is 0.0695. The lowest BCUT2D eigenvalue weighted by molar-refractivity contribution is -0.141. The van der Waals surface area contributed by atoms with Crippen molar-refractivity contribution in [2.45, 2.75) is 49.7 Å². The Bertz CT molecular complexity index is 834. The Labute approximate surface area is 141 Å². The van der Waals surface area contributed by atoms with Gasteiger partial charge in [-0.05, 0) is 31.9 Å². The highest BCUT2D eigenvalue weighted by Crippen LogP contribution is 2.36. The second-order valence-corrected chi connectivity index (χ2v) is 8.74. The van der Waals surface area contributed by atoms with Gasteiger partial charge < -0.3 is 0 Å². The van der Waals surface area contributed by atoms with Crippen LogP contribution in [0.1, 0.15) is 36.3 Å². The zero-order chi connectivity index (χ0) is 17.5. The summed E-state index contributed by atoms with van der Waals surface area (Å²) in [5.74, 6) is 0. The molecule has 2 aromatic rings. The third-order valence-corrected chi connectivity index (χ3v) is 6.82. The van der Waals surface area contributed by atoms with Crippen LogP contribution in [-0.2, 0) is 16.2 Å². The number of halogens is 3. The number of rotatable bonds is 4. The first-order valence-corrected chi connectivity index (χ1v) is 9.72. The lowest BCUT2D eigenvalue weighted by atomic mass is 10.3. The number of alkyl halides is 3. The van der Waals surface area contributed by atoms with Gasteiger partial charge in [-0.25, -0.2) is 13.1 Å². The Balaban J connectivity index is 1.88. The highest BCUT2D eigenvalue weighted by Gasteiger charge is 2.33. The van der Waals surface area contributed by atoms with Crippen molar-refractivity contribution in [1.29, 1.82) is 0 Å². The summed E-state index contributed by atoms with van der Waals surface area (Å²) in [6.45, 7) is 1.63. The SMILES string of the molecule is Cc1sc(-c2cc(C(F)(F)F)[nH]n2)cc1S(=O)(=O)NC1CCCC1. The predicted octanol–water partition coefficient (Wildman–Crippen LogP) is 3.69.